The molecule has 0 radical (unpaired) electrons. The molecule has 1 aliphatic rings. The molecule has 0 unspecified atom stereocenters. The van der Waals surface area contributed by atoms with Crippen molar-refractivity contribution in [1.82, 2.24) is 0 Å². The normalized spacial score (nSPS) is 13.5. The minimum absolute atomic E-state index is 0.210. The number of benzene rings is 2. The molecule has 1 N–H and O–H groups in total. The molecule has 3 rings (SSSR count). The molecular weight excluding hydrogens is 368 g/mol. The fourth-order valence-corrected chi connectivity index (χ4v) is 3.42. The van der Waals surface area contributed by atoms with E-state index in [9.17, 15) is 18.9 Å². The molecule has 1 aliphatic heterocycles. The molecule has 128 valence electrons. The molecule has 8 heteroatoms. The minimum Gasteiger partial charge on any atom is -0.348 e. The molecule has 0 saturated carbocycles. The van der Waals surface area contributed by atoms with Gasteiger partial charge in [0, 0.05) is 23.1 Å². The van der Waals surface area contributed by atoms with Gasteiger partial charge in [0.2, 0.25) is 0 Å². The maximum atomic E-state index is 11.6. The summed E-state index contributed by atoms with van der Waals surface area (Å²) >= 11 is 5.24. The van der Waals surface area contributed by atoms with Crippen LogP contribution in [0.3, 0.4) is 0 Å². The van der Waals surface area contributed by atoms with Crippen LogP contribution in [0.5, 0.6) is 0 Å². The Morgan fingerprint density at radius 2 is 1.73 bits per heavy atom. The maximum Gasteiger partial charge on any atom is 0.175 e. The van der Waals surface area contributed by atoms with Gasteiger partial charge in [-0.3, -0.25) is 4.99 Å². The number of hydrogen-bond donors (Lipinski definition) is 1. The van der Waals surface area contributed by atoms with Crippen LogP contribution in [0.4, 0.5) is 5.69 Å². The molecular formula is C18H12N4O2S2. The molecule has 0 aromatic heterocycles. The van der Waals surface area contributed by atoms with E-state index in [4.69, 9.17) is 12.2 Å². The standard InChI is InChI=1S/C18H12N4O2S2/c1-26(23,24)14-4-2-11(3-5-14)18-15-6-12(8-19)13(9-20)7-16(15)22-17(25)10-21-18/h2-7H,10H2,1H3,(H,22,25). The molecule has 0 amide bonds. The first-order valence-electron chi connectivity index (χ1n) is 7.47. The smallest absolute Gasteiger partial charge is 0.175 e. The largest absolute Gasteiger partial charge is 0.348 e. The molecule has 0 bridgehead atoms. The van der Waals surface area contributed by atoms with Crippen molar-refractivity contribution in [3.63, 3.8) is 0 Å². The van der Waals surface area contributed by atoms with Crippen molar-refractivity contribution in [1.29, 1.82) is 10.5 Å². The van der Waals surface area contributed by atoms with E-state index in [1.807, 2.05) is 12.1 Å². The lowest BCUT2D eigenvalue weighted by atomic mass is 9.96. The van der Waals surface area contributed by atoms with Gasteiger partial charge in [-0.25, -0.2) is 8.42 Å². The average molecular weight is 380 g/mol. The van der Waals surface area contributed by atoms with Gasteiger partial charge >= 0.3 is 0 Å². The number of nitrogens with zero attached hydrogens (tertiary/aromatic N) is 3. The summed E-state index contributed by atoms with van der Waals surface area (Å²) in [5, 5.41) is 21.6. The Kier molecular flexibility index (Phi) is 4.56. The van der Waals surface area contributed by atoms with E-state index in [0.29, 0.717) is 27.5 Å². The summed E-state index contributed by atoms with van der Waals surface area (Å²) in [6, 6.07) is 13.5. The topological polar surface area (TPSA) is 106 Å². The number of nitrogens with one attached hydrogen (secondary N) is 1. The van der Waals surface area contributed by atoms with E-state index in [0.717, 1.165) is 6.26 Å². The minimum atomic E-state index is -3.30. The molecule has 0 saturated heterocycles. The summed E-state index contributed by atoms with van der Waals surface area (Å²) in [5.74, 6) is 0. The number of aliphatic imine (C=N–C) groups is 1. The Labute approximate surface area is 156 Å². The van der Waals surface area contributed by atoms with Crippen molar-refractivity contribution in [2.45, 2.75) is 4.90 Å². The first kappa shape index (κ1) is 17.7. The van der Waals surface area contributed by atoms with E-state index in [2.05, 4.69) is 10.3 Å². The summed E-state index contributed by atoms with van der Waals surface area (Å²) in [5.41, 5.74) is 2.98. The lowest BCUT2D eigenvalue weighted by Crippen LogP contribution is -2.11. The van der Waals surface area contributed by atoms with Gasteiger partial charge in [0.1, 0.15) is 17.1 Å². The maximum absolute atomic E-state index is 11.6. The van der Waals surface area contributed by atoms with E-state index in [-0.39, 0.29) is 22.6 Å². The van der Waals surface area contributed by atoms with Crippen LogP contribution in [0.25, 0.3) is 0 Å². The van der Waals surface area contributed by atoms with E-state index >= 15 is 0 Å². The zero-order valence-corrected chi connectivity index (χ0v) is 15.3. The quantitative estimate of drug-likeness (QED) is 0.802. The number of nitriles is 2. The Hall–Kier alpha value is -3.07. The van der Waals surface area contributed by atoms with Crippen LogP contribution in [0.15, 0.2) is 46.3 Å². The molecule has 2 aromatic carbocycles. The summed E-state index contributed by atoms with van der Waals surface area (Å²) in [4.78, 5) is 5.21. The Bertz CT molecular complexity index is 1140. The van der Waals surface area contributed by atoms with E-state index in [1.54, 1.807) is 24.3 Å². The van der Waals surface area contributed by atoms with Crippen molar-refractivity contribution in [2.24, 2.45) is 4.99 Å². The molecule has 2 aromatic rings. The molecule has 0 atom stereocenters. The SMILES string of the molecule is CS(=O)(=O)c1ccc(C2=NCC(=S)Nc3cc(C#N)c(C#N)cc32)cc1. The van der Waals surface area contributed by atoms with Crippen molar-refractivity contribution in [3.05, 3.63) is 58.7 Å². The number of hydrogen-bond acceptors (Lipinski definition) is 6. The highest BCUT2D eigenvalue weighted by atomic mass is 32.2. The third-order valence-electron chi connectivity index (χ3n) is 3.86. The highest BCUT2D eigenvalue weighted by molar-refractivity contribution is 7.90. The lowest BCUT2D eigenvalue weighted by molar-refractivity contribution is 0.602. The highest BCUT2D eigenvalue weighted by Crippen LogP contribution is 2.27. The summed E-state index contributed by atoms with van der Waals surface area (Å²) in [7, 11) is -3.30. The van der Waals surface area contributed by atoms with Crippen LogP contribution in [0.2, 0.25) is 0 Å². The average Bonchev–Trinajstić information content (AvgIpc) is 2.77. The van der Waals surface area contributed by atoms with Crippen molar-refractivity contribution in [3.8, 4) is 12.1 Å². The zero-order valence-electron chi connectivity index (χ0n) is 13.6. The van der Waals surface area contributed by atoms with Crippen LogP contribution in [0.1, 0.15) is 22.3 Å². The second-order valence-corrected chi connectivity index (χ2v) is 8.19. The lowest BCUT2D eigenvalue weighted by Gasteiger charge is -2.12. The second kappa shape index (κ2) is 6.68. The third-order valence-corrected chi connectivity index (χ3v) is 5.22. The van der Waals surface area contributed by atoms with E-state index < -0.39 is 9.84 Å². The van der Waals surface area contributed by atoms with Gasteiger partial charge < -0.3 is 5.32 Å². The highest BCUT2D eigenvalue weighted by Gasteiger charge is 2.20. The van der Waals surface area contributed by atoms with Gasteiger partial charge in [0.25, 0.3) is 0 Å². The molecule has 26 heavy (non-hydrogen) atoms. The van der Waals surface area contributed by atoms with Gasteiger partial charge in [0.05, 0.1) is 28.3 Å². The summed E-state index contributed by atoms with van der Waals surface area (Å²) in [6.07, 6.45) is 1.14. The Balaban J connectivity index is 2.19. The van der Waals surface area contributed by atoms with Gasteiger partial charge in [-0.15, -0.1) is 0 Å². The van der Waals surface area contributed by atoms with Crippen molar-refractivity contribution < 1.29 is 8.42 Å². The van der Waals surface area contributed by atoms with Crippen molar-refractivity contribution >= 4 is 38.4 Å². The van der Waals surface area contributed by atoms with E-state index in [1.165, 1.54) is 12.1 Å². The van der Waals surface area contributed by atoms with Crippen molar-refractivity contribution in [2.75, 3.05) is 18.1 Å². The second-order valence-electron chi connectivity index (χ2n) is 5.68. The Morgan fingerprint density at radius 1 is 1.12 bits per heavy atom. The fraction of sp³-hybridized carbons (Fsp3) is 0.111. The molecule has 6 nitrogen and oxygen atoms in total. The van der Waals surface area contributed by atoms with Gasteiger partial charge in [-0.1, -0.05) is 24.4 Å². The third kappa shape index (κ3) is 3.33. The van der Waals surface area contributed by atoms with Crippen LogP contribution in [0, 0.1) is 22.7 Å². The number of anilines is 1. The Morgan fingerprint density at radius 3 is 2.31 bits per heavy atom. The van der Waals surface area contributed by atoms with Crippen LogP contribution in [-0.2, 0) is 9.84 Å². The number of fused-ring (bicyclic) bond motifs is 1. The fourth-order valence-electron chi connectivity index (χ4n) is 2.62. The van der Waals surface area contributed by atoms with Gasteiger partial charge in [-0.05, 0) is 24.3 Å². The molecule has 0 aliphatic carbocycles. The molecule has 1 heterocycles. The number of rotatable bonds is 2. The van der Waals surface area contributed by atoms with Crippen LogP contribution >= 0.6 is 12.2 Å². The summed E-state index contributed by atoms with van der Waals surface area (Å²) in [6.45, 7) is 0.247. The monoisotopic (exact) mass is 380 g/mol. The zero-order chi connectivity index (χ0) is 18.9. The first-order valence-corrected chi connectivity index (χ1v) is 9.77. The van der Waals surface area contributed by atoms with Crippen LogP contribution in [-0.4, -0.2) is 31.9 Å². The van der Waals surface area contributed by atoms with Gasteiger partial charge in [-0.2, -0.15) is 10.5 Å². The number of benzodiazepines with no additional fused rings is 1. The van der Waals surface area contributed by atoms with Crippen LogP contribution < -0.4 is 5.32 Å². The number of thiocarbonyl (C=S) groups is 1. The molecule has 0 fully saturated rings. The van der Waals surface area contributed by atoms with Gasteiger partial charge in [0.15, 0.2) is 9.84 Å². The predicted molar refractivity (Wildman–Crippen MR) is 102 cm³/mol. The first-order chi connectivity index (χ1) is 12.3. The molecule has 0 spiro atoms. The number of sulfone groups is 1. The summed E-state index contributed by atoms with van der Waals surface area (Å²) < 4.78 is 23.3. The predicted octanol–water partition coefficient (Wildman–Crippen LogP) is 2.42.